The minimum absolute atomic E-state index is 0.284. The second-order valence-electron chi connectivity index (χ2n) is 5.05. The number of nitrogen functional groups attached to an aromatic ring is 1. The summed E-state index contributed by atoms with van der Waals surface area (Å²) >= 11 is 0. The van der Waals surface area contributed by atoms with Gasteiger partial charge in [0.1, 0.15) is 0 Å². The number of rotatable bonds is 2. The van der Waals surface area contributed by atoms with E-state index in [4.69, 9.17) is 5.73 Å². The van der Waals surface area contributed by atoms with Crippen LogP contribution in [0.4, 0.5) is 5.69 Å². The molecule has 0 unspecified atom stereocenters. The van der Waals surface area contributed by atoms with Crippen molar-refractivity contribution in [3.05, 3.63) is 65.0 Å². The van der Waals surface area contributed by atoms with Gasteiger partial charge < -0.3 is 5.73 Å². The second kappa shape index (κ2) is 5.06. The highest BCUT2D eigenvalue weighted by atomic mass is 16.1. The predicted octanol–water partition coefficient (Wildman–Crippen LogP) is 1.73. The molecular formula is C16H12N6O. The fourth-order valence-corrected chi connectivity index (χ4v) is 2.40. The molecule has 2 heterocycles. The van der Waals surface area contributed by atoms with Gasteiger partial charge in [-0.3, -0.25) is 9.78 Å². The van der Waals surface area contributed by atoms with Crippen LogP contribution in [-0.2, 0) is 0 Å². The number of nitrogens with one attached hydrogen (secondary N) is 1. The van der Waals surface area contributed by atoms with Gasteiger partial charge in [0.05, 0.1) is 0 Å². The number of nitrogens with two attached hydrogens (primary N) is 1. The fraction of sp³-hybridized carbons (Fsp3) is 0. The molecule has 23 heavy (non-hydrogen) atoms. The third-order valence-electron chi connectivity index (χ3n) is 3.47. The first-order chi connectivity index (χ1) is 11.2. The van der Waals surface area contributed by atoms with Crippen LogP contribution in [0.2, 0.25) is 0 Å². The summed E-state index contributed by atoms with van der Waals surface area (Å²) in [5.41, 5.74) is 7.93. The molecule has 2 aromatic carbocycles. The van der Waals surface area contributed by atoms with E-state index in [-0.39, 0.29) is 11.3 Å². The molecule has 0 bridgehead atoms. The van der Waals surface area contributed by atoms with Crippen molar-refractivity contribution < 1.29 is 0 Å². The highest BCUT2D eigenvalue weighted by Gasteiger charge is 2.14. The van der Waals surface area contributed by atoms with Gasteiger partial charge in [-0.15, -0.1) is 10.2 Å². The Morgan fingerprint density at radius 1 is 0.957 bits per heavy atom. The average molecular weight is 304 g/mol. The number of nitrogens with zero attached hydrogens (tertiary/aromatic N) is 4. The highest BCUT2D eigenvalue weighted by molar-refractivity contribution is 5.64. The van der Waals surface area contributed by atoms with Crippen LogP contribution in [0.1, 0.15) is 0 Å². The molecular weight excluding hydrogens is 292 g/mol. The third-order valence-corrected chi connectivity index (χ3v) is 3.47. The fourth-order valence-electron chi connectivity index (χ4n) is 2.40. The Hall–Kier alpha value is -3.48. The van der Waals surface area contributed by atoms with Gasteiger partial charge in [-0.2, -0.15) is 9.61 Å². The first-order valence-corrected chi connectivity index (χ1v) is 6.99. The number of hydrogen-bond acceptors (Lipinski definition) is 5. The first-order valence-electron chi connectivity index (χ1n) is 6.99. The van der Waals surface area contributed by atoms with Gasteiger partial charge in [0.2, 0.25) is 0 Å². The maximum absolute atomic E-state index is 12.2. The second-order valence-corrected chi connectivity index (χ2v) is 5.05. The topological polar surface area (TPSA) is 102 Å². The van der Waals surface area contributed by atoms with Crippen LogP contribution in [0.15, 0.2) is 59.4 Å². The molecule has 0 atom stereocenters. The van der Waals surface area contributed by atoms with E-state index < -0.39 is 0 Å². The zero-order valence-electron chi connectivity index (χ0n) is 12.0. The van der Waals surface area contributed by atoms with Crippen LogP contribution in [0.5, 0.6) is 0 Å². The Balaban J connectivity index is 1.97. The summed E-state index contributed by atoms with van der Waals surface area (Å²) in [4.78, 5) is 14.9. The molecule has 7 heteroatoms. The molecule has 4 aromatic rings. The van der Waals surface area contributed by atoms with Crippen LogP contribution in [0.3, 0.4) is 0 Å². The molecule has 0 amide bonds. The Morgan fingerprint density at radius 2 is 1.74 bits per heavy atom. The van der Waals surface area contributed by atoms with Crippen molar-refractivity contribution >= 4 is 11.5 Å². The molecule has 0 aliphatic rings. The van der Waals surface area contributed by atoms with Gasteiger partial charge in [0, 0.05) is 16.8 Å². The van der Waals surface area contributed by atoms with E-state index in [9.17, 15) is 4.79 Å². The predicted molar refractivity (Wildman–Crippen MR) is 86.7 cm³/mol. The molecule has 2 aromatic heterocycles. The van der Waals surface area contributed by atoms with Crippen LogP contribution in [-0.4, -0.2) is 24.8 Å². The maximum Gasteiger partial charge on any atom is 0.279 e. The zero-order valence-corrected chi connectivity index (χ0v) is 12.0. The van der Waals surface area contributed by atoms with Gasteiger partial charge in [-0.05, 0) is 12.1 Å². The molecule has 0 radical (unpaired) electrons. The molecule has 4 rings (SSSR count). The third kappa shape index (κ3) is 2.24. The van der Waals surface area contributed by atoms with Crippen molar-refractivity contribution in [2.45, 2.75) is 0 Å². The number of anilines is 1. The van der Waals surface area contributed by atoms with E-state index in [0.29, 0.717) is 17.2 Å². The average Bonchev–Trinajstić information content (AvgIpc) is 2.97. The Morgan fingerprint density at radius 3 is 2.52 bits per heavy atom. The molecule has 0 saturated carbocycles. The number of fused-ring (bicyclic) bond motifs is 1. The Labute approximate surface area is 130 Å². The van der Waals surface area contributed by atoms with Crippen LogP contribution >= 0.6 is 0 Å². The summed E-state index contributed by atoms with van der Waals surface area (Å²) < 4.78 is 1.51. The van der Waals surface area contributed by atoms with E-state index in [1.807, 2.05) is 42.5 Å². The van der Waals surface area contributed by atoms with E-state index in [1.165, 1.54) is 4.52 Å². The molecule has 0 fully saturated rings. The molecule has 0 aliphatic heterocycles. The Kier molecular flexibility index (Phi) is 2.90. The van der Waals surface area contributed by atoms with Gasteiger partial charge in [-0.1, -0.05) is 42.5 Å². The lowest BCUT2D eigenvalue weighted by Crippen LogP contribution is -2.15. The van der Waals surface area contributed by atoms with Crippen LogP contribution in [0, 0.1) is 0 Å². The number of hydrogen-bond donors (Lipinski definition) is 2. The smallest absolute Gasteiger partial charge is 0.279 e. The van der Waals surface area contributed by atoms with E-state index in [0.717, 1.165) is 11.1 Å². The minimum atomic E-state index is -0.310. The van der Waals surface area contributed by atoms with Crippen molar-refractivity contribution in [2.24, 2.45) is 0 Å². The monoisotopic (exact) mass is 304 g/mol. The maximum atomic E-state index is 12.2. The summed E-state index contributed by atoms with van der Waals surface area (Å²) in [6.07, 6.45) is 0. The standard InChI is InChI=1S/C16H12N6O/c17-12-8-4-7-11(9-12)14-19-20-16-18-15(23)13(21-22(14)16)10-5-2-1-3-6-10/h1-9H,17H2,(H,18,20,23). The van der Waals surface area contributed by atoms with E-state index in [2.05, 4.69) is 20.3 Å². The summed E-state index contributed by atoms with van der Waals surface area (Å²) in [5.74, 6) is 0.799. The molecule has 3 N–H and O–H groups in total. The Bertz CT molecular complexity index is 1050. The van der Waals surface area contributed by atoms with Crippen molar-refractivity contribution in [3.63, 3.8) is 0 Å². The summed E-state index contributed by atoms with van der Waals surface area (Å²) in [6.45, 7) is 0. The molecule has 7 nitrogen and oxygen atoms in total. The number of benzene rings is 2. The summed E-state index contributed by atoms with van der Waals surface area (Å²) in [7, 11) is 0. The quantitative estimate of drug-likeness (QED) is 0.549. The first kappa shape index (κ1) is 13.2. The SMILES string of the molecule is Nc1cccc(-c2nnc3[nH]c(=O)c(-c4ccccc4)nn23)c1. The highest BCUT2D eigenvalue weighted by Crippen LogP contribution is 2.20. The lowest BCUT2D eigenvalue weighted by molar-refractivity contribution is 0.898. The molecule has 0 saturated heterocycles. The van der Waals surface area contributed by atoms with Crippen LogP contribution in [0.25, 0.3) is 28.4 Å². The normalized spacial score (nSPS) is 11.0. The van der Waals surface area contributed by atoms with Gasteiger partial charge in [0.15, 0.2) is 11.5 Å². The molecule has 0 spiro atoms. The van der Waals surface area contributed by atoms with Crippen molar-refractivity contribution in [3.8, 4) is 22.6 Å². The van der Waals surface area contributed by atoms with Crippen LogP contribution < -0.4 is 11.3 Å². The van der Waals surface area contributed by atoms with E-state index >= 15 is 0 Å². The summed E-state index contributed by atoms with van der Waals surface area (Å²) in [5, 5.41) is 12.5. The number of aromatic nitrogens is 5. The minimum Gasteiger partial charge on any atom is -0.399 e. The van der Waals surface area contributed by atoms with E-state index in [1.54, 1.807) is 12.1 Å². The van der Waals surface area contributed by atoms with Crippen molar-refractivity contribution in [1.82, 2.24) is 24.8 Å². The van der Waals surface area contributed by atoms with Gasteiger partial charge in [0.25, 0.3) is 11.3 Å². The molecule has 0 aliphatic carbocycles. The molecule has 112 valence electrons. The largest absolute Gasteiger partial charge is 0.399 e. The van der Waals surface area contributed by atoms with Gasteiger partial charge in [-0.25, -0.2) is 0 Å². The zero-order chi connectivity index (χ0) is 15.8. The van der Waals surface area contributed by atoms with Crippen molar-refractivity contribution in [2.75, 3.05) is 5.73 Å². The number of aromatic amines is 1. The lowest BCUT2D eigenvalue weighted by Gasteiger charge is -2.03. The van der Waals surface area contributed by atoms with Crippen molar-refractivity contribution in [1.29, 1.82) is 0 Å². The number of H-pyrrole nitrogens is 1. The lowest BCUT2D eigenvalue weighted by atomic mass is 10.2. The summed E-state index contributed by atoms with van der Waals surface area (Å²) in [6, 6.07) is 16.5. The van der Waals surface area contributed by atoms with Gasteiger partial charge >= 0.3 is 0 Å².